The summed E-state index contributed by atoms with van der Waals surface area (Å²) in [4.78, 5) is 14.9. The fourth-order valence-electron chi connectivity index (χ4n) is 5.34. The Kier molecular flexibility index (Phi) is 2.55. The van der Waals surface area contributed by atoms with Gasteiger partial charge in [-0.2, -0.15) is 0 Å². The summed E-state index contributed by atoms with van der Waals surface area (Å²) in [5.74, 6) is 4.36. The van der Waals surface area contributed by atoms with Crippen molar-refractivity contribution >= 4 is 5.91 Å². The van der Waals surface area contributed by atoms with Gasteiger partial charge in [-0.05, 0) is 69.7 Å². The van der Waals surface area contributed by atoms with E-state index in [-0.39, 0.29) is 5.54 Å². The van der Waals surface area contributed by atoms with Gasteiger partial charge in [0, 0.05) is 24.5 Å². The molecule has 4 fully saturated rings. The maximum Gasteiger partial charge on any atom is 0.226 e. The SMILES string of the molecule is CNC1(C)CCN(C(=O)C2C3C4CCC(C4)C23)CC1. The van der Waals surface area contributed by atoms with E-state index >= 15 is 0 Å². The van der Waals surface area contributed by atoms with Crippen LogP contribution in [0.25, 0.3) is 0 Å². The van der Waals surface area contributed by atoms with E-state index in [1.165, 1.54) is 19.3 Å². The van der Waals surface area contributed by atoms with Crippen LogP contribution in [0.15, 0.2) is 0 Å². The van der Waals surface area contributed by atoms with Gasteiger partial charge in [0.25, 0.3) is 0 Å². The van der Waals surface area contributed by atoms with Gasteiger partial charge < -0.3 is 10.2 Å². The molecule has 4 atom stereocenters. The number of nitrogens with zero attached hydrogens (tertiary/aromatic N) is 1. The highest BCUT2D eigenvalue weighted by molar-refractivity contribution is 5.83. The Morgan fingerprint density at radius 1 is 1.16 bits per heavy atom. The van der Waals surface area contributed by atoms with Crippen LogP contribution in [-0.4, -0.2) is 36.5 Å². The summed E-state index contributed by atoms with van der Waals surface area (Å²) in [7, 11) is 2.04. The van der Waals surface area contributed by atoms with Crippen LogP contribution in [0.5, 0.6) is 0 Å². The van der Waals surface area contributed by atoms with E-state index in [0.717, 1.165) is 49.6 Å². The molecule has 4 aliphatic rings. The third-order valence-corrected chi connectivity index (χ3v) is 6.80. The molecule has 0 spiro atoms. The summed E-state index contributed by atoms with van der Waals surface area (Å²) in [5.41, 5.74) is 0.245. The second-order valence-corrected chi connectivity index (χ2v) is 7.65. The van der Waals surface area contributed by atoms with Gasteiger partial charge in [-0.3, -0.25) is 4.79 Å². The summed E-state index contributed by atoms with van der Waals surface area (Å²) >= 11 is 0. The number of rotatable bonds is 2. The van der Waals surface area contributed by atoms with Gasteiger partial charge in [0.1, 0.15) is 0 Å². The number of piperidine rings is 1. The molecule has 1 N–H and O–H groups in total. The number of nitrogens with one attached hydrogen (secondary N) is 1. The quantitative estimate of drug-likeness (QED) is 0.824. The lowest BCUT2D eigenvalue weighted by molar-refractivity contribution is -0.135. The minimum atomic E-state index is 0.245. The largest absolute Gasteiger partial charge is 0.342 e. The standard InChI is InChI=1S/C16H26N2O/c1-16(17-2)5-7-18(8-6-16)15(19)14-12-10-3-4-11(9-10)13(12)14/h10-14,17H,3-9H2,1-2H3. The highest BCUT2D eigenvalue weighted by Gasteiger charge is 2.68. The molecule has 3 nitrogen and oxygen atoms in total. The Balaban J connectivity index is 1.39. The van der Waals surface area contributed by atoms with Gasteiger partial charge in [-0.15, -0.1) is 0 Å². The van der Waals surface area contributed by atoms with Crippen molar-refractivity contribution in [3.8, 4) is 0 Å². The molecule has 4 unspecified atom stereocenters. The zero-order valence-electron chi connectivity index (χ0n) is 12.2. The van der Waals surface area contributed by atoms with Crippen LogP contribution in [0.3, 0.4) is 0 Å². The monoisotopic (exact) mass is 262 g/mol. The van der Waals surface area contributed by atoms with Crippen molar-refractivity contribution in [2.45, 2.75) is 44.6 Å². The molecule has 4 rings (SSSR count). The highest BCUT2D eigenvalue weighted by atomic mass is 16.2. The smallest absolute Gasteiger partial charge is 0.226 e. The van der Waals surface area contributed by atoms with E-state index in [1.54, 1.807) is 0 Å². The van der Waals surface area contributed by atoms with Crippen LogP contribution < -0.4 is 5.32 Å². The maximum atomic E-state index is 12.7. The predicted molar refractivity (Wildman–Crippen MR) is 74.6 cm³/mol. The van der Waals surface area contributed by atoms with Gasteiger partial charge in [0.15, 0.2) is 0 Å². The van der Waals surface area contributed by atoms with Gasteiger partial charge >= 0.3 is 0 Å². The molecule has 19 heavy (non-hydrogen) atoms. The molecular weight excluding hydrogens is 236 g/mol. The lowest BCUT2D eigenvalue weighted by Crippen LogP contribution is -2.51. The topological polar surface area (TPSA) is 32.3 Å². The lowest BCUT2D eigenvalue weighted by atomic mass is 9.89. The molecule has 1 saturated heterocycles. The third kappa shape index (κ3) is 1.70. The molecule has 1 amide bonds. The van der Waals surface area contributed by atoms with Crippen molar-refractivity contribution in [2.75, 3.05) is 20.1 Å². The maximum absolute atomic E-state index is 12.7. The molecule has 1 aliphatic heterocycles. The van der Waals surface area contributed by atoms with Crippen LogP contribution in [0, 0.1) is 29.6 Å². The first-order valence-corrected chi connectivity index (χ1v) is 8.11. The molecular formula is C16H26N2O. The number of amides is 1. The van der Waals surface area contributed by atoms with Gasteiger partial charge in [-0.1, -0.05) is 0 Å². The minimum Gasteiger partial charge on any atom is -0.342 e. The fraction of sp³-hybridized carbons (Fsp3) is 0.938. The highest BCUT2D eigenvalue weighted by Crippen LogP contribution is 2.69. The van der Waals surface area contributed by atoms with Crippen molar-refractivity contribution in [1.82, 2.24) is 10.2 Å². The summed E-state index contributed by atoms with van der Waals surface area (Å²) < 4.78 is 0. The second-order valence-electron chi connectivity index (χ2n) is 7.65. The molecule has 0 radical (unpaired) electrons. The van der Waals surface area contributed by atoms with Crippen molar-refractivity contribution in [2.24, 2.45) is 29.6 Å². The zero-order valence-corrected chi connectivity index (χ0v) is 12.2. The van der Waals surface area contributed by atoms with Crippen molar-refractivity contribution < 1.29 is 4.79 Å². The predicted octanol–water partition coefficient (Wildman–Crippen LogP) is 1.88. The second kappa shape index (κ2) is 3.97. The van der Waals surface area contributed by atoms with E-state index in [1.807, 2.05) is 7.05 Å². The van der Waals surface area contributed by atoms with Crippen LogP contribution in [0.4, 0.5) is 0 Å². The van der Waals surface area contributed by atoms with Gasteiger partial charge in [0.05, 0.1) is 0 Å². The lowest BCUT2D eigenvalue weighted by Gasteiger charge is -2.39. The van der Waals surface area contributed by atoms with Gasteiger partial charge in [0.2, 0.25) is 5.91 Å². The number of carbonyl (C=O) groups excluding carboxylic acids is 1. The van der Waals surface area contributed by atoms with Crippen LogP contribution >= 0.6 is 0 Å². The molecule has 3 saturated carbocycles. The Morgan fingerprint density at radius 2 is 1.74 bits per heavy atom. The van der Waals surface area contributed by atoms with Crippen LogP contribution in [0.2, 0.25) is 0 Å². The molecule has 2 bridgehead atoms. The van der Waals surface area contributed by atoms with E-state index < -0.39 is 0 Å². The third-order valence-electron chi connectivity index (χ3n) is 6.80. The van der Waals surface area contributed by atoms with E-state index in [0.29, 0.717) is 11.8 Å². The summed E-state index contributed by atoms with van der Waals surface area (Å²) in [6.45, 7) is 4.20. The van der Waals surface area contributed by atoms with Crippen LogP contribution in [0.1, 0.15) is 39.0 Å². The van der Waals surface area contributed by atoms with Crippen LogP contribution in [-0.2, 0) is 4.79 Å². The Labute approximate surface area is 116 Å². The summed E-state index contributed by atoms with van der Waals surface area (Å²) in [6, 6.07) is 0. The molecule has 0 aromatic carbocycles. The first kappa shape index (κ1) is 12.2. The van der Waals surface area contributed by atoms with Gasteiger partial charge in [-0.25, -0.2) is 0 Å². The summed E-state index contributed by atoms with van der Waals surface area (Å²) in [5, 5.41) is 3.41. The van der Waals surface area contributed by atoms with E-state index in [2.05, 4.69) is 17.1 Å². The first-order chi connectivity index (χ1) is 9.13. The molecule has 3 aliphatic carbocycles. The average molecular weight is 262 g/mol. The molecule has 3 heteroatoms. The van der Waals surface area contributed by atoms with Crippen molar-refractivity contribution in [1.29, 1.82) is 0 Å². The Bertz CT molecular complexity index is 384. The molecule has 0 aromatic rings. The van der Waals surface area contributed by atoms with Crippen molar-refractivity contribution in [3.05, 3.63) is 0 Å². The summed E-state index contributed by atoms with van der Waals surface area (Å²) in [6.07, 6.45) is 6.46. The number of fused-ring (bicyclic) bond motifs is 5. The number of hydrogen-bond acceptors (Lipinski definition) is 2. The first-order valence-electron chi connectivity index (χ1n) is 8.11. The average Bonchev–Trinajstić information content (AvgIpc) is 2.87. The fourth-order valence-corrected chi connectivity index (χ4v) is 5.34. The normalized spacial score (nSPS) is 46.2. The molecule has 1 heterocycles. The Hall–Kier alpha value is -0.570. The van der Waals surface area contributed by atoms with Crippen molar-refractivity contribution in [3.63, 3.8) is 0 Å². The molecule has 0 aromatic heterocycles. The number of hydrogen-bond donors (Lipinski definition) is 1. The Morgan fingerprint density at radius 3 is 2.26 bits per heavy atom. The van der Waals surface area contributed by atoms with E-state index in [4.69, 9.17) is 0 Å². The number of likely N-dealkylation sites (tertiary alicyclic amines) is 1. The minimum absolute atomic E-state index is 0.245. The van der Waals surface area contributed by atoms with E-state index in [9.17, 15) is 4.79 Å². The number of carbonyl (C=O) groups is 1. The molecule has 106 valence electrons. The zero-order chi connectivity index (χ0) is 13.2.